The van der Waals surface area contributed by atoms with Crippen LogP contribution in [0.3, 0.4) is 0 Å². The van der Waals surface area contributed by atoms with Crippen molar-refractivity contribution in [3.8, 4) is 0 Å². The van der Waals surface area contributed by atoms with Crippen LogP contribution < -0.4 is 5.48 Å². The maximum Gasteiger partial charge on any atom is 0.351 e. The van der Waals surface area contributed by atoms with Crippen LogP contribution in [0.1, 0.15) is 20.8 Å². The third-order valence-electron chi connectivity index (χ3n) is 3.52. The molecule has 1 aliphatic heterocycles. The van der Waals surface area contributed by atoms with Gasteiger partial charge in [0.15, 0.2) is 18.4 Å². The molecular formula is C18H25NO8. The molecule has 2 unspecified atom stereocenters. The van der Waals surface area contributed by atoms with Crippen LogP contribution >= 0.6 is 0 Å². The van der Waals surface area contributed by atoms with Gasteiger partial charge in [0.05, 0.1) is 6.61 Å². The lowest BCUT2D eigenvalue weighted by molar-refractivity contribution is -0.243. The summed E-state index contributed by atoms with van der Waals surface area (Å²) in [6.45, 7) is 14.8. The lowest BCUT2D eigenvalue weighted by atomic mass is 10.0. The van der Waals surface area contributed by atoms with Crippen LogP contribution in [-0.2, 0) is 38.2 Å². The maximum absolute atomic E-state index is 12.0. The number of rotatable bonds is 8. The third-order valence-corrected chi connectivity index (χ3v) is 3.52. The van der Waals surface area contributed by atoms with Crippen molar-refractivity contribution in [3.63, 3.8) is 0 Å². The van der Waals surface area contributed by atoms with E-state index in [-0.39, 0.29) is 23.3 Å². The van der Waals surface area contributed by atoms with E-state index < -0.39 is 42.4 Å². The van der Waals surface area contributed by atoms with Crippen molar-refractivity contribution in [2.75, 3.05) is 13.7 Å². The van der Waals surface area contributed by atoms with E-state index in [1.54, 1.807) is 0 Å². The summed E-state index contributed by atoms with van der Waals surface area (Å²) in [7, 11) is 1.34. The Morgan fingerprint density at radius 1 is 0.889 bits per heavy atom. The summed E-state index contributed by atoms with van der Waals surface area (Å²) in [4.78, 5) is 40.3. The van der Waals surface area contributed by atoms with Crippen LogP contribution in [0, 0.1) is 0 Å². The highest BCUT2D eigenvalue weighted by Gasteiger charge is 2.46. The fourth-order valence-corrected chi connectivity index (χ4v) is 2.04. The molecule has 9 heteroatoms. The van der Waals surface area contributed by atoms with Gasteiger partial charge in [0.1, 0.15) is 6.10 Å². The number of hydrogen-bond donors (Lipinski definition) is 1. The highest BCUT2D eigenvalue weighted by molar-refractivity contribution is 5.88. The zero-order valence-electron chi connectivity index (χ0n) is 15.9. The molecule has 0 amide bonds. The Labute approximate surface area is 157 Å². The Kier molecular flexibility index (Phi) is 8.35. The number of esters is 2. The first-order valence-corrected chi connectivity index (χ1v) is 8.08. The largest absolute Gasteiger partial charge is 0.452 e. The molecule has 0 radical (unpaired) electrons. The van der Waals surface area contributed by atoms with Crippen molar-refractivity contribution in [2.45, 2.75) is 45.3 Å². The Bertz CT molecular complexity index is 641. The van der Waals surface area contributed by atoms with Crippen LogP contribution in [-0.4, -0.2) is 56.2 Å². The molecule has 4 atom stereocenters. The van der Waals surface area contributed by atoms with Gasteiger partial charge in [0.25, 0.3) is 0 Å². The van der Waals surface area contributed by atoms with E-state index in [9.17, 15) is 14.4 Å². The highest BCUT2D eigenvalue weighted by atomic mass is 16.7. The lowest BCUT2D eigenvalue weighted by Crippen LogP contribution is -2.61. The summed E-state index contributed by atoms with van der Waals surface area (Å²) in [5.41, 5.74) is 2.90. The van der Waals surface area contributed by atoms with Gasteiger partial charge in [-0.05, 0) is 20.8 Å². The van der Waals surface area contributed by atoms with Gasteiger partial charge in [0, 0.05) is 23.8 Å². The fraction of sp³-hybridized carbons (Fsp3) is 0.500. The average molecular weight is 383 g/mol. The van der Waals surface area contributed by atoms with Crippen molar-refractivity contribution in [1.29, 1.82) is 0 Å². The van der Waals surface area contributed by atoms with Crippen LogP contribution in [0.4, 0.5) is 0 Å². The SMILES string of the molecule is C=C(C)C(=O)ONC1OC[C@@H](OC(=O)C(=C)C)[C@@H](OC(=O)C(=C)C)C1OC. The monoisotopic (exact) mass is 383 g/mol. The van der Waals surface area contributed by atoms with Crippen molar-refractivity contribution in [3.05, 3.63) is 36.5 Å². The summed E-state index contributed by atoms with van der Waals surface area (Å²) >= 11 is 0. The molecule has 0 spiro atoms. The molecule has 1 fully saturated rings. The summed E-state index contributed by atoms with van der Waals surface area (Å²) in [6, 6.07) is 0. The van der Waals surface area contributed by atoms with E-state index in [4.69, 9.17) is 23.8 Å². The van der Waals surface area contributed by atoms with E-state index in [1.807, 2.05) is 0 Å². The quantitative estimate of drug-likeness (QED) is 0.284. The third kappa shape index (κ3) is 6.31. The van der Waals surface area contributed by atoms with Gasteiger partial charge in [-0.15, -0.1) is 5.48 Å². The summed E-state index contributed by atoms with van der Waals surface area (Å²) in [5.74, 6) is -2.06. The summed E-state index contributed by atoms with van der Waals surface area (Å²) in [5, 5.41) is 0. The van der Waals surface area contributed by atoms with E-state index in [2.05, 4.69) is 25.2 Å². The molecule has 9 nitrogen and oxygen atoms in total. The number of hydrogen-bond acceptors (Lipinski definition) is 9. The standard InChI is InChI=1S/C18H25NO8/c1-9(2)16(20)25-12-8-24-15(19-27-18(22)11(5)6)14(23-7)13(12)26-17(21)10(3)4/h12-15,19H,1,3,5,8H2,2,4,6-7H3/t12-,13-,14?,15?/m1/s1. The zero-order valence-corrected chi connectivity index (χ0v) is 15.9. The topological polar surface area (TPSA) is 109 Å². The van der Waals surface area contributed by atoms with Gasteiger partial charge in [-0.3, -0.25) is 0 Å². The maximum atomic E-state index is 12.0. The number of methoxy groups -OCH3 is 1. The van der Waals surface area contributed by atoms with Gasteiger partial charge in [-0.25, -0.2) is 14.4 Å². The predicted molar refractivity (Wildman–Crippen MR) is 94.0 cm³/mol. The number of carbonyl (C=O) groups is 3. The molecule has 150 valence electrons. The van der Waals surface area contributed by atoms with Gasteiger partial charge in [-0.1, -0.05) is 19.7 Å². The number of ether oxygens (including phenoxy) is 4. The van der Waals surface area contributed by atoms with E-state index in [0.717, 1.165) is 0 Å². The smallest absolute Gasteiger partial charge is 0.351 e. The van der Waals surface area contributed by atoms with E-state index in [0.29, 0.717) is 0 Å². The first kappa shape index (κ1) is 22.6. The predicted octanol–water partition coefficient (Wildman–Crippen LogP) is 0.957. The second-order valence-corrected chi connectivity index (χ2v) is 6.12. The molecule has 1 rings (SSSR count). The van der Waals surface area contributed by atoms with E-state index >= 15 is 0 Å². The molecule has 1 N–H and O–H groups in total. The Morgan fingerprint density at radius 3 is 1.89 bits per heavy atom. The van der Waals surface area contributed by atoms with Gasteiger partial charge < -0.3 is 23.8 Å². The van der Waals surface area contributed by atoms with Crippen molar-refractivity contribution >= 4 is 17.9 Å². The molecule has 1 aliphatic rings. The first-order valence-electron chi connectivity index (χ1n) is 8.08. The number of carbonyl (C=O) groups excluding carboxylic acids is 3. The molecule has 0 saturated carbocycles. The fourth-order valence-electron chi connectivity index (χ4n) is 2.04. The van der Waals surface area contributed by atoms with Gasteiger partial charge in [-0.2, -0.15) is 0 Å². The highest BCUT2D eigenvalue weighted by Crippen LogP contribution is 2.24. The normalized spacial score (nSPS) is 24.4. The molecule has 1 saturated heterocycles. The van der Waals surface area contributed by atoms with E-state index in [1.165, 1.54) is 27.9 Å². The molecule has 0 bridgehead atoms. The Morgan fingerprint density at radius 2 is 1.41 bits per heavy atom. The zero-order chi connectivity index (χ0) is 20.7. The van der Waals surface area contributed by atoms with Crippen LogP contribution in [0.25, 0.3) is 0 Å². The minimum Gasteiger partial charge on any atom is -0.452 e. The number of hydroxylamine groups is 1. The second-order valence-electron chi connectivity index (χ2n) is 6.12. The van der Waals surface area contributed by atoms with Crippen LogP contribution in [0.15, 0.2) is 36.5 Å². The average Bonchev–Trinajstić information content (AvgIpc) is 2.60. The molecule has 0 aliphatic carbocycles. The number of nitrogens with one attached hydrogen (secondary N) is 1. The second kappa shape index (κ2) is 10.0. The van der Waals surface area contributed by atoms with Crippen LogP contribution in [0.2, 0.25) is 0 Å². The molecule has 0 aromatic heterocycles. The molecular weight excluding hydrogens is 358 g/mol. The summed E-state index contributed by atoms with van der Waals surface area (Å²) < 4.78 is 21.5. The molecule has 0 aromatic carbocycles. The Balaban J connectivity index is 2.99. The van der Waals surface area contributed by atoms with Gasteiger partial charge >= 0.3 is 17.9 Å². The first-order chi connectivity index (χ1) is 12.6. The van der Waals surface area contributed by atoms with Crippen molar-refractivity contribution < 1.29 is 38.2 Å². The molecule has 1 heterocycles. The molecule has 0 aromatic rings. The lowest BCUT2D eigenvalue weighted by Gasteiger charge is -2.40. The summed E-state index contributed by atoms with van der Waals surface area (Å²) in [6.07, 6.45) is -3.95. The molecule has 27 heavy (non-hydrogen) atoms. The minimum atomic E-state index is -1.04. The van der Waals surface area contributed by atoms with Crippen molar-refractivity contribution in [1.82, 2.24) is 5.48 Å². The van der Waals surface area contributed by atoms with Crippen LogP contribution in [0.5, 0.6) is 0 Å². The van der Waals surface area contributed by atoms with Gasteiger partial charge in [0.2, 0.25) is 0 Å². The Hall–Kier alpha value is -2.49. The minimum absolute atomic E-state index is 0.144. The van der Waals surface area contributed by atoms with Crippen molar-refractivity contribution in [2.24, 2.45) is 0 Å².